The molecule has 0 spiro atoms. The van der Waals surface area contributed by atoms with Gasteiger partial charge in [-0.2, -0.15) is 0 Å². The molecule has 0 atom stereocenters. The van der Waals surface area contributed by atoms with Crippen molar-refractivity contribution in [2.45, 2.75) is 6.42 Å². The molecule has 21 heavy (non-hydrogen) atoms. The molecule has 8 heteroatoms. The van der Waals surface area contributed by atoms with E-state index in [2.05, 4.69) is 5.32 Å². The highest BCUT2D eigenvalue weighted by atomic mass is 16.5. The fraction of sp³-hybridized carbons (Fsp3) is 0.462. The molecule has 0 bridgehead atoms. The molecule has 0 aliphatic rings. The van der Waals surface area contributed by atoms with Gasteiger partial charge < -0.3 is 24.5 Å². The topological polar surface area (TPSA) is 109 Å². The van der Waals surface area contributed by atoms with Crippen LogP contribution in [0.1, 0.15) is 16.8 Å². The largest absolute Gasteiger partial charge is 0.480 e. The van der Waals surface area contributed by atoms with E-state index in [0.29, 0.717) is 5.56 Å². The van der Waals surface area contributed by atoms with Crippen LogP contribution in [0.3, 0.4) is 0 Å². The van der Waals surface area contributed by atoms with Crippen molar-refractivity contribution < 1.29 is 28.6 Å². The molecule has 0 saturated heterocycles. The van der Waals surface area contributed by atoms with Gasteiger partial charge in [-0.1, -0.05) is 0 Å². The minimum atomic E-state index is -1.10. The summed E-state index contributed by atoms with van der Waals surface area (Å²) in [5, 5.41) is 11.3. The molecule has 1 aromatic heterocycles. The highest BCUT2D eigenvalue weighted by molar-refractivity contribution is 5.94. The normalized spacial score (nSPS) is 10.1. The van der Waals surface area contributed by atoms with Crippen LogP contribution in [0.4, 0.5) is 0 Å². The average molecular weight is 298 g/mol. The van der Waals surface area contributed by atoms with Gasteiger partial charge in [0.25, 0.3) is 5.91 Å². The molecule has 1 aromatic rings. The highest BCUT2D eigenvalue weighted by Crippen LogP contribution is 2.00. The van der Waals surface area contributed by atoms with E-state index in [1.165, 1.54) is 30.6 Å². The first-order valence-corrected chi connectivity index (χ1v) is 6.33. The van der Waals surface area contributed by atoms with Gasteiger partial charge in [0.05, 0.1) is 18.4 Å². The van der Waals surface area contributed by atoms with Crippen LogP contribution in [0, 0.1) is 0 Å². The molecule has 1 heterocycles. The van der Waals surface area contributed by atoms with Gasteiger partial charge in [-0.3, -0.25) is 14.4 Å². The van der Waals surface area contributed by atoms with Crippen molar-refractivity contribution in [1.29, 1.82) is 0 Å². The first-order chi connectivity index (χ1) is 10.0. The lowest BCUT2D eigenvalue weighted by Crippen LogP contribution is -2.39. The molecule has 8 nitrogen and oxygen atoms in total. The average Bonchev–Trinajstić information content (AvgIpc) is 2.96. The van der Waals surface area contributed by atoms with Crippen molar-refractivity contribution in [2.75, 3.05) is 33.4 Å². The molecule has 0 aromatic carbocycles. The number of ether oxygens (including phenoxy) is 1. The molecule has 0 fully saturated rings. The summed E-state index contributed by atoms with van der Waals surface area (Å²) in [6.07, 6.45) is 2.69. The van der Waals surface area contributed by atoms with Gasteiger partial charge in [-0.25, -0.2) is 0 Å². The number of carboxylic acids is 1. The summed E-state index contributed by atoms with van der Waals surface area (Å²) < 4.78 is 9.60. The lowest BCUT2D eigenvalue weighted by molar-refractivity contribution is -0.144. The summed E-state index contributed by atoms with van der Waals surface area (Å²) in [6.45, 7) is 0.168. The van der Waals surface area contributed by atoms with E-state index in [4.69, 9.17) is 14.3 Å². The minimum absolute atomic E-state index is 0.0145. The first-order valence-electron chi connectivity index (χ1n) is 6.33. The molecule has 0 radical (unpaired) electrons. The number of carboxylic acid groups (broad SMARTS) is 1. The fourth-order valence-corrected chi connectivity index (χ4v) is 1.59. The van der Waals surface area contributed by atoms with E-state index in [9.17, 15) is 14.4 Å². The number of amides is 2. The van der Waals surface area contributed by atoms with Gasteiger partial charge in [0.1, 0.15) is 12.8 Å². The Bertz CT molecular complexity index is 471. The van der Waals surface area contributed by atoms with Gasteiger partial charge in [-0.05, 0) is 6.07 Å². The van der Waals surface area contributed by atoms with E-state index in [1.807, 2.05) is 0 Å². The number of rotatable bonds is 9. The number of hydrogen-bond acceptors (Lipinski definition) is 5. The Hall–Kier alpha value is -2.35. The zero-order valence-corrected chi connectivity index (χ0v) is 11.7. The Labute approximate surface area is 121 Å². The molecule has 0 unspecified atom stereocenters. The summed E-state index contributed by atoms with van der Waals surface area (Å²) in [4.78, 5) is 35.4. The number of hydrogen-bond donors (Lipinski definition) is 2. The third-order valence-electron chi connectivity index (χ3n) is 2.65. The summed E-state index contributed by atoms with van der Waals surface area (Å²) in [6, 6.07) is 1.51. The van der Waals surface area contributed by atoms with Crippen LogP contribution < -0.4 is 5.32 Å². The molecular formula is C13H18N2O6. The van der Waals surface area contributed by atoms with Crippen molar-refractivity contribution in [3.63, 3.8) is 0 Å². The molecule has 2 N–H and O–H groups in total. The fourth-order valence-electron chi connectivity index (χ4n) is 1.59. The second-order valence-electron chi connectivity index (χ2n) is 4.22. The molecule has 0 aliphatic carbocycles. The van der Waals surface area contributed by atoms with E-state index < -0.39 is 12.5 Å². The quantitative estimate of drug-likeness (QED) is 0.662. The van der Waals surface area contributed by atoms with Gasteiger partial charge in [-0.15, -0.1) is 0 Å². The Morgan fingerprint density at radius 2 is 2.19 bits per heavy atom. The van der Waals surface area contributed by atoms with Crippen molar-refractivity contribution in [3.05, 3.63) is 24.2 Å². The first kappa shape index (κ1) is 16.7. The number of methoxy groups -OCH3 is 1. The van der Waals surface area contributed by atoms with Gasteiger partial charge in [0.15, 0.2) is 0 Å². The van der Waals surface area contributed by atoms with Crippen LogP contribution in [0.5, 0.6) is 0 Å². The monoisotopic (exact) mass is 298 g/mol. The maximum atomic E-state index is 11.9. The van der Waals surface area contributed by atoms with Crippen molar-refractivity contribution >= 4 is 17.8 Å². The van der Waals surface area contributed by atoms with E-state index >= 15 is 0 Å². The van der Waals surface area contributed by atoms with Crippen LogP contribution in [0.15, 0.2) is 23.0 Å². The van der Waals surface area contributed by atoms with Gasteiger partial charge in [0.2, 0.25) is 5.91 Å². The lowest BCUT2D eigenvalue weighted by Gasteiger charge is -2.20. The van der Waals surface area contributed by atoms with Crippen LogP contribution in [-0.4, -0.2) is 61.1 Å². The molecule has 0 saturated carbocycles. The predicted octanol–water partition coefficient (Wildman–Crippen LogP) is -0.0409. The van der Waals surface area contributed by atoms with Crippen molar-refractivity contribution in [1.82, 2.24) is 10.2 Å². The van der Waals surface area contributed by atoms with Crippen molar-refractivity contribution in [3.8, 4) is 0 Å². The minimum Gasteiger partial charge on any atom is -0.480 e. The second-order valence-corrected chi connectivity index (χ2v) is 4.22. The van der Waals surface area contributed by atoms with Crippen LogP contribution in [0.2, 0.25) is 0 Å². The SMILES string of the molecule is COCCN(CC(=O)O)C(=O)CCNC(=O)c1ccoc1. The van der Waals surface area contributed by atoms with E-state index in [-0.39, 0.29) is 37.9 Å². The Kier molecular flexibility index (Phi) is 6.96. The maximum absolute atomic E-state index is 11.9. The zero-order chi connectivity index (χ0) is 15.7. The Morgan fingerprint density at radius 1 is 1.43 bits per heavy atom. The molecular weight excluding hydrogens is 280 g/mol. The lowest BCUT2D eigenvalue weighted by atomic mass is 10.3. The number of furan rings is 1. The summed E-state index contributed by atoms with van der Waals surface area (Å²) in [5.41, 5.74) is 0.365. The second kappa shape index (κ2) is 8.75. The van der Waals surface area contributed by atoms with Crippen LogP contribution in [0.25, 0.3) is 0 Å². The molecule has 2 amide bonds. The van der Waals surface area contributed by atoms with Gasteiger partial charge >= 0.3 is 5.97 Å². The van der Waals surface area contributed by atoms with E-state index in [0.717, 1.165) is 0 Å². The molecule has 116 valence electrons. The standard InChI is InChI=1S/C13H18N2O6/c1-20-7-5-15(8-12(17)18)11(16)2-4-14-13(19)10-3-6-21-9-10/h3,6,9H,2,4-5,7-8H2,1H3,(H,14,19)(H,17,18). The zero-order valence-electron chi connectivity index (χ0n) is 11.7. The van der Waals surface area contributed by atoms with E-state index in [1.54, 1.807) is 0 Å². The summed E-state index contributed by atoms with van der Waals surface area (Å²) in [5.74, 6) is -1.80. The van der Waals surface area contributed by atoms with Crippen molar-refractivity contribution in [2.24, 2.45) is 0 Å². The summed E-state index contributed by atoms with van der Waals surface area (Å²) >= 11 is 0. The number of nitrogens with one attached hydrogen (secondary N) is 1. The Morgan fingerprint density at radius 3 is 2.76 bits per heavy atom. The van der Waals surface area contributed by atoms with Crippen LogP contribution in [-0.2, 0) is 14.3 Å². The highest BCUT2D eigenvalue weighted by Gasteiger charge is 2.16. The smallest absolute Gasteiger partial charge is 0.323 e. The maximum Gasteiger partial charge on any atom is 0.323 e. The third-order valence-corrected chi connectivity index (χ3v) is 2.65. The predicted molar refractivity (Wildman–Crippen MR) is 71.8 cm³/mol. The number of carbonyl (C=O) groups excluding carboxylic acids is 2. The third kappa shape index (κ3) is 6.09. The van der Waals surface area contributed by atoms with Crippen LogP contribution >= 0.6 is 0 Å². The molecule has 0 aliphatic heterocycles. The summed E-state index contributed by atoms with van der Waals surface area (Å²) in [7, 11) is 1.47. The number of aliphatic carboxylic acids is 1. The van der Waals surface area contributed by atoms with Gasteiger partial charge in [0, 0.05) is 26.6 Å². The number of carbonyl (C=O) groups is 3. The molecule has 1 rings (SSSR count). The number of nitrogens with zero attached hydrogens (tertiary/aromatic N) is 1. The Balaban J connectivity index is 2.38.